The fourth-order valence-electron chi connectivity index (χ4n) is 4.40. The Labute approximate surface area is 195 Å². The van der Waals surface area contributed by atoms with Crippen LogP contribution in [0, 0.1) is 5.41 Å². The van der Waals surface area contributed by atoms with Gasteiger partial charge in [-0.3, -0.25) is 9.59 Å². The number of hydrogen-bond donors (Lipinski definition) is 0. The van der Waals surface area contributed by atoms with Crippen LogP contribution in [0.1, 0.15) is 59.3 Å². The van der Waals surface area contributed by atoms with E-state index in [2.05, 4.69) is 14.9 Å². The highest BCUT2D eigenvalue weighted by atomic mass is 19.1. The van der Waals surface area contributed by atoms with Crippen LogP contribution in [-0.2, 0) is 14.3 Å². The standard InChI is InChI=1S/C24H35FN4O4/c1-23(2,3)33-20(30)7-6-18(14-25)17-32-19-15-26-22(27-16-19)29-12-9-24(10-13-29)8-5-11-28(4)21(24)31/h14-16H,5-13,17H2,1-4H3/b18-14+. The topological polar surface area (TPSA) is 84.9 Å². The van der Waals surface area contributed by atoms with Gasteiger partial charge in [0.1, 0.15) is 12.2 Å². The molecule has 9 heteroatoms. The van der Waals surface area contributed by atoms with E-state index in [0.29, 0.717) is 23.6 Å². The van der Waals surface area contributed by atoms with Gasteiger partial charge in [-0.2, -0.15) is 0 Å². The van der Waals surface area contributed by atoms with E-state index >= 15 is 0 Å². The van der Waals surface area contributed by atoms with Crippen molar-refractivity contribution in [3.05, 3.63) is 24.3 Å². The quantitative estimate of drug-likeness (QED) is 0.572. The molecule has 0 aliphatic carbocycles. The highest BCUT2D eigenvalue weighted by molar-refractivity contribution is 5.83. The number of ether oxygens (including phenoxy) is 2. The molecule has 1 amide bonds. The number of hydrogen-bond acceptors (Lipinski definition) is 7. The molecule has 3 heterocycles. The van der Waals surface area contributed by atoms with Gasteiger partial charge in [0.05, 0.1) is 24.1 Å². The zero-order chi connectivity index (χ0) is 24.1. The number of anilines is 1. The molecule has 0 radical (unpaired) electrons. The number of amides is 1. The summed E-state index contributed by atoms with van der Waals surface area (Å²) in [6.07, 6.45) is 7.52. The lowest BCUT2D eigenvalue weighted by Gasteiger charge is -2.45. The normalized spacial score (nSPS) is 19.1. The van der Waals surface area contributed by atoms with Crippen molar-refractivity contribution in [2.45, 2.75) is 64.9 Å². The molecule has 0 N–H and O–H groups in total. The molecule has 0 atom stereocenters. The third kappa shape index (κ3) is 6.65. The molecular formula is C24H35FN4O4. The summed E-state index contributed by atoms with van der Waals surface area (Å²) >= 11 is 0. The third-order valence-electron chi connectivity index (χ3n) is 6.22. The zero-order valence-corrected chi connectivity index (χ0v) is 20.1. The molecule has 1 aromatic rings. The molecule has 2 aliphatic rings. The molecule has 0 saturated carbocycles. The second-order valence-electron chi connectivity index (χ2n) is 9.96. The highest BCUT2D eigenvalue weighted by Crippen LogP contribution is 2.41. The summed E-state index contributed by atoms with van der Waals surface area (Å²) in [4.78, 5) is 37.2. The molecular weight excluding hydrogens is 427 g/mol. The van der Waals surface area contributed by atoms with Crippen LogP contribution < -0.4 is 9.64 Å². The molecule has 182 valence electrons. The Bertz CT molecular complexity index is 858. The molecule has 2 fully saturated rings. The molecule has 2 saturated heterocycles. The van der Waals surface area contributed by atoms with E-state index in [9.17, 15) is 14.0 Å². The van der Waals surface area contributed by atoms with Crippen LogP contribution in [0.3, 0.4) is 0 Å². The Morgan fingerprint density at radius 3 is 2.42 bits per heavy atom. The van der Waals surface area contributed by atoms with Crippen molar-refractivity contribution in [2.75, 3.05) is 38.2 Å². The fraction of sp³-hybridized carbons (Fsp3) is 0.667. The molecule has 0 bridgehead atoms. The average Bonchev–Trinajstić information content (AvgIpc) is 2.77. The highest BCUT2D eigenvalue weighted by Gasteiger charge is 2.44. The largest absolute Gasteiger partial charge is 0.486 e. The van der Waals surface area contributed by atoms with Crippen LogP contribution in [0.4, 0.5) is 10.3 Å². The van der Waals surface area contributed by atoms with Crippen LogP contribution in [0.2, 0.25) is 0 Å². The van der Waals surface area contributed by atoms with Gasteiger partial charge in [0.25, 0.3) is 0 Å². The van der Waals surface area contributed by atoms with Gasteiger partial charge in [-0.1, -0.05) is 0 Å². The maximum absolute atomic E-state index is 13.2. The Hall–Kier alpha value is -2.71. The summed E-state index contributed by atoms with van der Waals surface area (Å²) in [6, 6.07) is 0. The van der Waals surface area contributed by atoms with Gasteiger partial charge in [0.2, 0.25) is 11.9 Å². The van der Waals surface area contributed by atoms with Crippen LogP contribution in [0.5, 0.6) is 5.75 Å². The molecule has 0 unspecified atom stereocenters. The zero-order valence-electron chi connectivity index (χ0n) is 20.1. The monoisotopic (exact) mass is 462 g/mol. The van der Waals surface area contributed by atoms with Crippen molar-refractivity contribution in [3.8, 4) is 5.75 Å². The molecule has 0 aromatic carbocycles. The summed E-state index contributed by atoms with van der Waals surface area (Å²) in [5, 5.41) is 0. The second kappa shape index (κ2) is 10.5. The summed E-state index contributed by atoms with van der Waals surface area (Å²) in [6.45, 7) is 7.69. The van der Waals surface area contributed by atoms with Gasteiger partial charge in [-0.05, 0) is 58.4 Å². The summed E-state index contributed by atoms with van der Waals surface area (Å²) in [5.41, 5.74) is -0.446. The first kappa shape index (κ1) is 24.9. The maximum atomic E-state index is 13.2. The first-order chi connectivity index (χ1) is 15.6. The summed E-state index contributed by atoms with van der Waals surface area (Å²) in [5.74, 6) is 0.911. The number of piperidine rings is 2. The van der Waals surface area contributed by atoms with E-state index in [0.717, 1.165) is 45.3 Å². The lowest BCUT2D eigenvalue weighted by atomic mass is 9.72. The fourth-order valence-corrected chi connectivity index (χ4v) is 4.40. The average molecular weight is 463 g/mol. The molecule has 33 heavy (non-hydrogen) atoms. The Kier molecular flexibility index (Phi) is 7.92. The number of esters is 1. The van der Waals surface area contributed by atoms with Crippen LogP contribution in [-0.4, -0.2) is 65.6 Å². The van der Waals surface area contributed by atoms with E-state index in [1.54, 1.807) is 33.2 Å². The van der Waals surface area contributed by atoms with E-state index < -0.39 is 5.60 Å². The number of carbonyl (C=O) groups is 2. The van der Waals surface area contributed by atoms with Gasteiger partial charge < -0.3 is 19.3 Å². The summed E-state index contributed by atoms with van der Waals surface area (Å²) in [7, 11) is 1.89. The van der Waals surface area contributed by atoms with Gasteiger partial charge >= 0.3 is 5.97 Å². The molecule has 1 spiro atoms. The number of carbonyl (C=O) groups excluding carboxylic acids is 2. The number of likely N-dealkylation sites (tertiary alicyclic amines) is 1. The van der Waals surface area contributed by atoms with E-state index in [1.807, 2.05) is 11.9 Å². The minimum absolute atomic E-state index is 0.00384. The number of rotatable bonds is 7. The summed E-state index contributed by atoms with van der Waals surface area (Å²) < 4.78 is 24.0. The lowest BCUT2D eigenvalue weighted by molar-refractivity contribution is -0.154. The number of aromatic nitrogens is 2. The second-order valence-corrected chi connectivity index (χ2v) is 9.96. The van der Waals surface area contributed by atoms with Crippen LogP contribution >= 0.6 is 0 Å². The molecule has 1 aromatic heterocycles. The predicted octanol–water partition coefficient (Wildman–Crippen LogP) is 3.67. The van der Waals surface area contributed by atoms with E-state index in [1.165, 1.54) is 0 Å². The number of nitrogens with zero attached hydrogens (tertiary/aromatic N) is 4. The Balaban J connectivity index is 1.46. The molecule has 3 rings (SSSR count). The maximum Gasteiger partial charge on any atom is 0.306 e. The van der Waals surface area contributed by atoms with Gasteiger partial charge in [-0.25, -0.2) is 14.4 Å². The first-order valence-electron chi connectivity index (χ1n) is 11.6. The Morgan fingerprint density at radius 1 is 1.15 bits per heavy atom. The minimum Gasteiger partial charge on any atom is -0.486 e. The van der Waals surface area contributed by atoms with Gasteiger partial charge in [0.15, 0.2) is 5.75 Å². The van der Waals surface area contributed by atoms with Crippen molar-refractivity contribution in [3.63, 3.8) is 0 Å². The van der Waals surface area contributed by atoms with Crippen molar-refractivity contribution in [2.24, 2.45) is 5.41 Å². The van der Waals surface area contributed by atoms with Crippen molar-refractivity contribution < 1.29 is 23.5 Å². The molecule has 2 aliphatic heterocycles. The predicted molar refractivity (Wildman–Crippen MR) is 123 cm³/mol. The van der Waals surface area contributed by atoms with Crippen molar-refractivity contribution in [1.29, 1.82) is 0 Å². The van der Waals surface area contributed by atoms with Gasteiger partial charge in [0, 0.05) is 33.1 Å². The lowest BCUT2D eigenvalue weighted by Crippen LogP contribution is -2.52. The van der Waals surface area contributed by atoms with Gasteiger partial charge in [-0.15, -0.1) is 0 Å². The van der Waals surface area contributed by atoms with Crippen molar-refractivity contribution >= 4 is 17.8 Å². The third-order valence-corrected chi connectivity index (χ3v) is 6.22. The van der Waals surface area contributed by atoms with Crippen LogP contribution in [0.25, 0.3) is 0 Å². The van der Waals surface area contributed by atoms with E-state index in [-0.39, 0.29) is 36.7 Å². The first-order valence-corrected chi connectivity index (χ1v) is 11.6. The SMILES string of the molecule is CN1CCCC2(CCN(c3ncc(OC/C(=C/F)CCC(=O)OC(C)(C)C)cn3)CC2)C1=O. The van der Waals surface area contributed by atoms with E-state index in [4.69, 9.17) is 9.47 Å². The minimum atomic E-state index is -0.566. The van der Waals surface area contributed by atoms with Crippen molar-refractivity contribution in [1.82, 2.24) is 14.9 Å². The Morgan fingerprint density at radius 2 is 1.82 bits per heavy atom. The van der Waals surface area contributed by atoms with Crippen LogP contribution in [0.15, 0.2) is 24.3 Å². The smallest absolute Gasteiger partial charge is 0.306 e. The molecule has 8 nitrogen and oxygen atoms in total. The number of halogens is 1.